The van der Waals surface area contributed by atoms with Crippen molar-refractivity contribution in [2.24, 2.45) is 4.99 Å². The molecular weight excluding hydrogens is 374 g/mol. The molecule has 0 radical (unpaired) electrons. The van der Waals surface area contributed by atoms with Gasteiger partial charge in [0.15, 0.2) is 0 Å². The van der Waals surface area contributed by atoms with Crippen molar-refractivity contribution in [3.63, 3.8) is 0 Å². The van der Waals surface area contributed by atoms with E-state index in [4.69, 9.17) is 0 Å². The van der Waals surface area contributed by atoms with Crippen molar-refractivity contribution in [2.45, 2.75) is 20.4 Å². The van der Waals surface area contributed by atoms with Crippen LogP contribution in [0.25, 0.3) is 11.1 Å². The van der Waals surface area contributed by atoms with Gasteiger partial charge in [-0.1, -0.05) is 12.1 Å². The summed E-state index contributed by atoms with van der Waals surface area (Å²) >= 11 is 0. The Balaban J connectivity index is 1.96. The maximum Gasteiger partial charge on any atom is 0.274 e. The smallest absolute Gasteiger partial charge is 0.274 e. The van der Waals surface area contributed by atoms with E-state index in [-0.39, 0.29) is 5.91 Å². The Morgan fingerprint density at radius 1 is 1.07 bits per heavy atom. The Hall–Kier alpha value is -3.38. The molecule has 1 aromatic carbocycles. The molecule has 2 heterocycles. The average Bonchev–Trinajstić information content (AvgIpc) is 2.73. The Morgan fingerprint density at radius 2 is 1.90 bits per heavy atom. The summed E-state index contributed by atoms with van der Waals surface area (Å²) in [7, 11) is 4.07. The SMILES string of the molecule is CC/N=C(/C(=O)Nc1cccnc1)c1cc(-c2cncc(CN(C)C)c2)ccc1C. The molecule has 30 heavy (non-hydrogen) atoms. The maximum absolute atomic E-state index is 13.0. The van der Waals surface area contributed by atoms with Crippen LogP contribution in [-0.2, 0) is 11.3 Å². The number of nitrogens with one attached hydrogen (secondary N) is 1. The molecule has 0 aliphatic carbocycles. The summed E-state index contributed by atoms with van der Waals surface area (Å²) in [4.78, 5) is 28.0. The Labute approximate surface area is 177 Å². The standard InChI is InChI=1S/C24H27N5O/c1-5-27-23(24(30)28-21-7-6-10-25-15-21)22-12-19(9-8-17(22)2)20-11-18(13-26-14-20)16-29(3)4/h6-15H,5,16H2,1-4H3,(H,28,30)/b27-23+. The molecule has 2 aromatic heterocycles. The van der Waals surface area contributed by atoms with Crippen molar-refractivity contribution in [1.29, 1.82) is 0 Å². The molecule has 0 aliphatic rings. The van der Waals surface area contributed by atoms with Gasteiger partial charge in [-0.2, -0.15) is 0 Å². The zero-order valence-corrected chi connectivity index (χ0v) is 17.9. The van der Waals surface area contributed by atoms with Gasteiger partial charge < -0.3 is 10.2 Å². The molecule has 6 nitrogen and oxygen atoms in total. The first kappa shape index (κ1) is 21.3. The van der Waals surface area contributed by atoms with E-state index in [0.29, 0.717) is 17.9 Å². The summed E-state index contributed by atoms with van der Waals surface area (Å²) in [5.41, 5.74) is 6.01. The quantitative estimate of drug-likeness (QED) is 0.609. The minimum Gasteiger partial charge on any atom is -0.319 e. The molecule has 3 rings (SSSR count). The minimum absolute atomic E-state index is 0.246. The summed E-state index contributed by atoms with van der Waals surface area (Å²) in [6.45, 7) is 5.24. The van der Waals surface area contributed by atoms with Crippen LogP contribution in [0, 0.1) is 6.92 Å². The third-order valence-corrected chi connectivity index (χ3v) is 4.57. The van der Waals surface area contributed by atoms with E-state index >= 15 is 0 Å². The lowest BCUT2D eigenvalue weighted by Crippen LogP contribution is -2.25. The zero-order valence-electron chi connectivity index (χ0n) is 17.9. The molecular formula is C24H27N5O. The van der Waals surface area contributed by atoms with Crippen LogP contribution < -0.4 is 5.32 Å². The molecule has 0 atom stereocenters. The van der Waals surface area contributed by atoms with Gasteiger partial charge in [-0.05, 0) is 68.9 Å². The van der Waals surface area contributed by atoms with Crippen LogP contribution in [0.4, 0.5) is 5.69 Å². The van der Waals surface area contributed by atoms with Gasteiger partial charge in [0.1, 0.15) is 5.71 Å². The predicted molar refractivity (Wildman–Crippen MR) is 122 cm³/mol. The summed E-state index contributed by atoms with van der Waals surface area (Å²) in [5, 5.41) is 2.89. The normalized spacial score (nSPS) is 11.6. The van der Waals surface area contributed by atoms with Gasteiger partial charge >= 0.3 is 0 Å². The second kappa shape index (κ2) is 9.89. The van der Waals surface area contributed by atoms with Gasteiger partial charge in [0.2, 0.25) is 0 Å². The molecule has 1 N–H and O–H groups in total. The van der Waals surface area contributed by atoms with Gasteiger partial charge in [0.05, 0.1) is 11.9 Å². The molecule has 0 aliphatic heterocycles. The highest BCUT2D eigenvalue weighted by molar-refractivity contribution is 6.49. The first-order valence-electron chi connectivity index (χ1n) is 9.93. The molecule has 0 unspecified atom stereocenters. The molecule has 154 valence electrons. The number of pyridine rings is 2. The summed E-state index contributed by atoms with van der Waals surface area (Å²) < 4.78 is 0. The van der Waals surface area contributed by atoms with Gasteiger partial charge in [0, 0.05) is 42.8 Å². The number of amides is 1. The number of aliphatic imine (C=N–C) groups is 1. The van der Waals surface area contributed by atoms with Gasteiger partial charge in [0.25, 0.3) is 5.91 Å². The van der Waals surface area contributed by atoms with Crippen molar-refractivity contribution in [1.82, 2.24) is 14.9 Å². The Morgan fingerprint density at radius 3 is 2.60 bits per heavy atom. The predicted octanol–water partition coefficient (Wildman–Crippen LogP) is 3.96. The van der Waals surface area contributed by atoms with Gasteiger partial charge in [-0.25, -0.2) is 0 Å². The number of nitrogens with zero attached hydrogens (tertiary/aromatic N) is 4. The summed E-state index contributed by atoms with van der Waals surface area (Å²) in [6, 6.07) is 11.8. The molecule has 0 bridgehead atoms. The fourth-order valence-electron chi connectivity index (χ4n) is 3.22. The highest BCUT2D eigenvalue weighted by Gasteiger charge is 2.17. The average molecular weight is 402 g/mol. The maximum atomic E-state index is 13.0. The topological polar surface area (TPSA) is 70.5 Å². The van der Waals surface area contributed by atoms with E-state index in [1.807, 2.05) is 52.5 Å². The van der Waals surface area contributed by atoms with Crippen LogP contribution in [0.2, 0.25) is 0 Å². The number of hydrogen-bond acceptors (Lipinski definition) is 5. The third kappa shape index (κ3) is 5.36. The van der Waals surface area contributed by atoms with E-state index in [2.05, 4.69) is 37.3 Å². The minimum atomic E-state index is -0.246. The fourth-order valence-corrected chi connectivity index (χ4v) is 3.22. The molecule has 6 heteroatoms. The highest BCUT2D eigenvalue weighted by atomic mass is 16.1. The van der Waals surface area contributed by atoms with Crippen LogP contribution in [0.15, 0.2) is 66.2 Å². The number of aryl methyl sites for hydroxylation is 1. The second-order valence-corrected chi connectivity index (χ2v) is 7.37. The van der Waals surface area contributed by atoms with Crippen LogP contribution in [0.3, 0.4) is 0 Å². The lowest BCUT2D eigenvalue weighted by atomic mass is 9.96. The summed E-state index contributed by atoms with van der Waals surface area (Å²) in [6.07, 6.45) is 7.01. The summed E-state index contributed by atoms with van der Waals surface area (Å²) in [5.74, 6) is -0.246. The van der Waals surface area contributed by atoms with Crippen LogP contribution in [0.5, 0.6) is 0 Å². The Bertz CT molecular complexity index is 1040. The van der Waals surface area contributed by atoms with Crippen molar-refractivity contribution >= 4 is 17.3 Å². The van der Waals surface area contributed by atoms with Gasteiger partial charge in [-0.3, -0.25) is 19.8 Å². The molecule has 1 amide bonds. The van der Waals surface area contributed by atoms with Crippen molar-refractivity contribution < 1.29 is 4.79 Å². The zero-order chi connectivity index (χ0) is 21.5. The van der Waals surface area contributed by atoms with Crippen molar-refractivity contribution in [2.75, 3.05) is 26.0 Å². The van der Waals surface area contributed by atoms with Crippen molar-refractivity contribution in [3.8, 4) is 11.1 Å². The van der Waals surface area contributed by atoms with Crippen LogP contribution in [-0.4, -0.2) is 47.1 Å². The van der Waals surface area contributed by atoms with E-state index in [0.717, 1.165) is 34.4 Å². The molecule has 0 spiro atoms. The number of carbonyl (C=O) groups is 1. The number of carbonyl (C=O) groups excluding carboxylic acids is 1. The van der Waals surface area contributed by atoms with Crippen LogP contribution in [0.1, 0.15) is 23.6 Å². The lowest BCUT2D eigenvalue weighted by Gasteiger charge is -2.14. The lowest BCUT2D eigenvalue weighted by molar-refractivity contribution is -0.110. The van der Waals surface area contributed by atoms with E-state index < -0.39 is 0 Å². The third-order valence-electron chi connectivity index (χ3n) is 4.57. The number of hydrogen-bond donors (Lipinski definition) is 1. The number of anilines is 1. The van der Waals surface area contributed by atoms with E-state index in [1.54, 1.807) is 24.5 Å². The van der Waals surface area contributed by atoms with E-state index in [1.165, 1.54) is 0 Å². The second-order valence-electron chi connectivity index (χ2n) is 7.37. The molecule has 0 fully saturated rings. The molecule has 0 saturated heterocycles. The van der Waals surface area contributed by atoms with Crippen molar-refractivity contribution in [3.05, 3.63) is 77.9 Å². The fraction of sp³-hybridized carbons (Fsp3) is 0.250. The van der Waals surface area contributed by atoms with Gasteiger partial charge in [-0.15, -0.1) is 0 Å². The van der Waals surface area contributed by atoms with Crippen LogP contribution >= 0.6 is 0 Å². The first-order valence-corrected chi connectivity index (χ1v) is 9.93. The molecule has 3 aromatic rings. The number of rotatable bonds is 7. The van der Waals surface area contributed by atoms with E-state index in [9.17, 15) is 4.79 Å². The Kier molecular flexibility index (Phi) is 7.03. The largest absolute Gasteiger partial charge is 0.319 e. The number of benzene rings is 1. The molecule has 0 saturated carbocycles. The monoisotopic (exact) mass is 401 g/mol. The first-order chi connectivity index (χ1) is 14.5. The number of aromatic nitrogens is 2. The highest BCUT2D eigenvalue weighted by Crippen LogP contribution is 2.24.